The Labute approximate surface area is 179 Å². The Morgan fingerprint density at radius 1 is 1.24 bits per heavy atom. The van der Waals surface area contributed by atoms with Crippen LogP contribution in [0.25, 0.3) is 0 Å². The molecule has 1 aromatic rings. The van der Waals surface area contributed by atoms with Crippen LogP contribution in [0.15, 0.2) is 38.9 Å². The molecule has 7 heteroatoms. The molecule has 1 aromatic carbocycles. The number of ether oxygens (including phenoxy) is 2. The molecule has 0 unspecified atom stereocenters. The fraction of sp³-hybridized carbons (Fsp3) is 0.500. The number of amides is 1. The molecule has 0 aromatic heterocycles. The summed E-state index contributed by atoms with van der Waals surface area (Å²) in [5.74, 6) is 0.159. The van der Waals surface area contributed by atoms with Crippen molar-refractivity contribution in [2.24, 2.45) is 10.9 Å². The fourth-order valence-corrected chi connectivity index (χ4v) is 5.13. The summed E-state index contributed by atoms with van der Waals surface area (Å²) in [6, 6.07) is 5.80. The summed E-state index contributed by atoms with van der Waals surface area (Å²) >= 11 is 3.56. The number of nitrogens with zero attached hydrogens (tertiary/aromatic N) is 2. The van der Waals surface area contributed by atoms with Gasteiger partial charge in [-0.3, -0.25) is 14.6 Å². The number of carbonyl (C=O) groups is 2. The molecule has 2 fully saturated rings. The van der Waals surface area contributed by atoms with Gasteiger partial charge in [-0.2, -0.15) is 0 Å². The molecule has 1 amide bonds. The molecule has 2 heterocycles. The Morgan fingerprint density at radius 2 is 2.00 bits per heavy atom. The summed E-state index contributed by atoms with van der Waals surface area (Å²) in [5, 5.41) is 0. The molecule has 1 aliphatic carbocycles. The molecular weight excluding hydrogens is 436 g/mol. The second kappa shape index (κ2) is 8.40. The highest BCUT2D eigenvalue weighted by Crippen LogP contribution is 2.44. The Bertz CT molecular complexity index is 902. The lowest BCUT2D eigenvalue weighted by atomic mass is 9.69. The van der Waals surface area contributed by atoms with E-state index in [1.165, 1.54) is 0 Å². The summed E-state index contributed by atoms with van der Waals surface area (Å²) in [4.78, 5) is 33.1. The number of methoxy groups -OCH3 is 1. The summed E-state index contributed by atoms with van der Waals surface area (Å²) in [7, 11) is 1.62. The van der Waals surface area contributed by atoms with Gasteiger partial charge in [-0.25, -0.2) is 0 Å². The maximum absolute atomic E-state index is 13.5. The second-order valence-corrected chi connectivity index (χ2v) is 8.53. The van der Waals surface area contributed by atoms with Crippen molar-refractivity contribution < 1.29 is 19.1 Å². The average Bonchev–Trinajstić information content (AvgIpc) is 2.73. The van der Waals surface area contributed by atoms with Gasteiger partial charge in [0.15, 0.2) is 0 Å². The molecule has 1 saturated carbocycles. The number of benzene rings is 1. The van der Waals surface area contributed by atoms with Gasteiger partial charge in [-0.15, -0.1) is 0 Å². The van der Waals surface area contributed by atoms with E-state index in [9.17, 15) is 9.59 Å². The van der Waals surface area contributed by atoms with Crippen LogP contribution < -0.4 is 4.74 Å². The number of morpholine rings is 1. The minimum absolute atomic E-state index is 0.0380. The molecule has 0 radical (unpaired) electrons. The monoisotopic (exact) mass is 460 g/mol. The average molecular weight is 461 g/mol. The smallest absolute Gasteiger partial charge is 0.252 e. The van der Waals surface area contributed by atoms with Crippen LogP contribution in [0.1, 0.15) is 37.7 Å². The van der Waals surface area contributed by atoms with Crippen LogP contribution in [0, 0.1) is 5.92 Å². The molecule has 29 heavy (non-hydrogen) atoms. The first kappa shape index (κ1) is 20.3. The molecule has 3 aliphatic rings. The topological polar surface area (TPSA) is 68.2 Å². The fourth-order valence-electron chi connectivity index (χ4n) is 4.57. The van der Waals surface area contributed by atoms with E-state index in [4.69, 9.17) is 14.5 Å². The zero-order valence-corrected chi connectivity index (χ0v) is 18.3. The molecule has 0 bridgehead atoms. The summed E-state index contributed by atoms with van der Waals surface area (Å²) in [6.45, 7) is 4.08. The number of rotatable bonds is 3. The zero-order chi connectivity index (χ0) is 20.5. The van der Waals surface area contributed by atoms with Crippen molar-refractivity contribution in [3.05, 3.63) is 39.5 Å². The number of fused-ring (bicyclic) bond motifs is 1. The SMILES string of the molecule is COc1ccc([C@H]2C(C(=O)N3CCOCC3)=C(C)N=C3CCCC(=O)[C@@H]32)cc1Br. The van der Waals surface area contributed by atoms with Crippen molar-refractivity contribution in [2.45, 2.75) is 32.1 Å². The van der Waals surface area contributed by atoms with Gasteiger partial charge >= 0.3 is 0 Å². The van der Waals surface area contributed by atoms with E-state index >= 15 is 0 Å². The van der Waals surface area contributed by atoms with Crippen molar-refractivity contribution in [1.29, 1.82) is 0 Å². The lowest BCUT2D eigenvalue weighted by molar-refractivity contribution is -0.131. The van der Waals surface area contributed by atoms with Gasteiger partial charge in [-0.05, 0) is 53.4 Å². The maximum atomic E-state index is 13.5. The van der Waals surface area contributed by atoms with Crippen LogP contribution in [0.3, 0.4) is 0 Å². The van der Waals surface area contributed by atoms with Crippen LogP contribution in [-0.2, 0) is 14.3 Å². The van der Waals surface area contributed by atoms with E-state index < -0.39 is 0 Å². The number of carbonyl (C=O) groups excluding carboxylic acids is 2. The van der Waals surface area contributed by atoms with Crippen LogP contribution in [0.2, 0.25) is 0 Å². The molecule has 4 rings (SSSR count). The van der Waals surface area contributed by atoms with Crippen molar-refractivity contribution in [2.75, 3.05) is 33.4 Å². The first-order chi connectivity index (χ1) is 14.0. The second-order valence-electron chi connectivity index (χ2n) is 7.68. The normalized spacial score (nSPS) is 24.9. The molecule has 0 spiro atoms. The van der Waals surface area contributed by atoms with Gasteiger partial charge in [0.05, 0.1) is 30.7 Å². The summed E-state index contributed by atoms with van der Waals surface area (Å²) in [6.07, 6.45) is 2.17. The van der Waals surface area contributed by atoms with Crippen LogP contribution >= 0.6 is 15.9 Å². The molecule has 1 saturated heterocycles. The first-order valence-corrected chi connectivity index (χ1v) is 10.8. The molecule has 2 atom stereocenters. The number of aliphatic imine (C=N–C) groups is 1. The quantitative estimate of drug-likeness (QED) is 0.691. The molecule has 0 N–H and O–H groups in total. The minimum atomic E-state index is -0.368. The largest absolute Gasteiger partial charge is 0.496 e. The number of halogens is 1. The Kier molecular flexibility index (Phi) is 5.88. The van der Waals surface area contributed by atoms with Gasteiger partial charge in [0, 0.05) is 42.4 Å². The van der Waals surface area contributed by atoms with Gasteiger partial charge in [-0.1, -0.05) is 6.07 Å². The maximum Gasteiger partial charge on any atom is 0.252 e. The van der Waals surface area contributed by atoms with Gasteiger partial charge in [0.1, 0.15) is 11.5 Å². The summed E-state index contributed by atoms with van der Waals surface area (Å²) < 4.78 is 11.6. The van der Waals surface area contributed by atoms with E-state index in [1.807, 2.05) is 30.0 Å². The molecule has 154 valence electrons. The van der Waals surface area contributed by atoms with Crippen molar-refractivity contribution in [1.82, 2.24) is 4.90 Å². The van der Waals surface area contributed by atoms with E-state index in [0.29, 0.717) is 38.3 Å². The molecule has 2 aliphatic heterocycles. The highest BCUT2D eigenvalue weighted by atomic mass is 79.9. The Hall–Kier alpha value is -1.99. The standard InChI is InChI=1S/C22H25BrN2O4/c1-13-19(22(27)25-8-10-29-11-9-25)20(14-6-7-18(28-2)15(23)12-14)21-16(24-13)4-3-5-17(21)26/h6-7,12,20-21H,3-5,8-11H2,1-2H3/t20-,21+/m0/s1. The molecular formula is C22H25BrN2O4. The van der Waals surface area contributed by atoms with Crippen LogP contribution in [0.5, 0.6) is 5.75 Å². The summed E-state index contributed by atoms with van der Waals surface area (Å²) in [5.41, 5.74) is 3.20. The van der Waals surface area contributed by atoms with E-state index in [0.717, 1.165) is 40.0 Å². The van der Waals surface area contributed by atoms with Gasteiger partial charge in [0.2, 0.25) is 0 Å². The van der Waals surface area contributed by atoms with Crippen LogP contribution in [-0.4, -0.2) is 55.7 Å². The molecule has 6 nitrogen and oxygen atoms in total. The highest BCUT2D eigenvalue weighted by molar-refractivity contribution is 9.10. The number of ketones is 1. The zero-order valence-electron chi connectivity index (χ0n) is 16.7. The van der Waals surface area contributed by atoms with Crippen molar-refractivity contribution in [3.63, 3.8) is 0 Å². The number of hydrogen-bond donors (Lipinski definition) is 0. The van der Waals surface area contributed by atoms with Crippen molar-refractivity contribution >= 4 is 33.3 Å². The highest BCUT2D eigenvalue weighted by Gasteiger charge is 2.44. The Balaban J connectivity index is 1.82. The van der Waals surface area contributed by atoms with E-state index in [-0.39, 0.29) is 23.5 Å². The lowest BCUT2D eigenvalue weighted by Crippen LogP contribution is -2.45. The van der Waals surface area contributed by atoms with Gasteiger partial charge in [0.25, 0.3) is 5.91 Å². The third-order valence-corrected chi connectivity index (χ3v) is 6.59. The predicted octanol–water partition coefficient (Wildman–Crippen LogP) is 3.50. The third-order valence-electron chi connectivity index (χ3n) is 5.97. The number of Topliss-reactive ketones (excluding diaryl/α,β-unsaturated/α-hetero) is 1. The van der Waals surface area contributed by atoms with E-state index in [1.54, 1.807) is 7.11 Å². The Morgan fingerprint density at radius 3 is 2.69 bits per heavy atom. The third kappa shape index (κ3) is 3.78. The lowest BCUT2D eigenvalue weighted by Gasteiger charge is -2.38. The first-order valence-electron chi connectivity index (χ1n) is 10.0. The number of hydrogen-bond acceptors (Lipinski definition) is 5. The van der Waals surface area contributed by atoms with E-state index in [2.05, 4.69) is 15.9 Å². The number of allylic oxidation sites excluding steroid dienone is 1. The minimum Gasteiger partial charge on any atom is -0.496 e. The van der Waals surface area contributed by atoms with Crippen molar-refractivity contribution in [3.8, 4) is 5.75 Å². The van der Waals surface area contributed by atoms with Gasteiger partial charge < -0.3 is 14.4 Å². The predicted molar refractivity (Wildman–Crippen MR) is 113 cm³/mol. The van der Waals surface area contributed by atoms with Crippen LogP contribution in [0.4, 0.5) is 0 Å².